The van der Waals surface area contributed by atoms with Crippen LogP contribution in [0.5, 0.6) is 5.75 Å². The normalized spacial score (nSPS) is 13.8. The molecule has 0 radical (unpaired) electrons. The molecule has 0 bridgehead atoms. The second-order valence-corrected chi connectivity index (χ2v) is 6.29. The first-order valence-electron chi connectivity index (χ1n) is 8.26. The number of carbonyl (C=O) groups is 1. The summed E-state index contributed by atoms with van der Waals surface area (Å²) in [5.41, 5.74) is 3.55. The second-order valence-electron chi connectivity index (χ2n) is 6.29. The fourth-order valence-electron chi connectivity index (χ4n) is 2.96. The molecule has 2 aromatic carbocycles. The topological polar surface area (TPSA) is 29.5 Å². The van der Waals surface area contributed by atoms with Gasteiger partial charge in [-0.3, -0.25) is 4.79 Å². The van der Waals surface area contributed by atoms with E-state index in [1.807, 2.05) is 35.2 Å². The summed E-state index contributed by atoms with van der Waals surface area (Å²) in [4.78, 5) is 14.4. The van der Waals surface area contributed by atoms with Crippen LogP contribution in [0.25, 0.3) is 0 Å². The van der Waals surface area contributed by atoms with Gasteiger partial charge in [0, 0.05) is 12.2 Å². The van der Waals surface area contributed by atoms with E-state index in [1.165, 1.54) is 11.1 Å². The average molecular weight is 309 g/mol. The predicted molar refractivity (Wildman–Crippen MR) is 93.1 cm³/mol. The standard InChI is InChI=1S/C20H23NO2/c1-15(2)16-9-11-18(12-10-16)23-14-20(22)21-13-5-7-17-6-3-4-8-19(17)21/h3-4,6,8-12,15H,5,7,13-14H2,1-2H3. The van der Waals surface area contributed by atoms with Crippen LogP contribution in [-0.4, -0.2) is 19.1 Å². The lowest BCUT2D eigenvalue weighted by molar-refractivity contribution is -0.120. The quantitative estimate of drug-likeness (QED) is 0.848. The van der Waals surface area contributed by atoms with Gasteiger partial charge in [-0.25, -0.2) is 0 Å². The zero-order chi connectivity index (χ0) is 16.2. The number of nitrogens with zero attached hydrogens (tertiary/aromatic N) is 1. The Morgan fingerprint density at radius 2 is 1.87 bits per heavy atom. The molecule has 1 aliphatic rings. The van der Waals surface area contributed by atoms with Crippen LogP contribution in [0.2, 0.25) is 0 Å². The molecule has 1 amide bonds. The molecule has 0 fully saturated rings. The number of para-hydroxylation sites is 1. The summed E-state index contributed by atoms with van der Waals surface area (Å²) < 4.78 is 5.68. The van der Waals surface area contributed by atoms with Crippen molar-refractivity contribution in [2.75, 3.05) is 18.1 Å². The van der Waals surface area contributed by atoms with Crippen LogP contribution < -0.4 is 9.64 Å². The molecule has 1 aliphatic heterocycles. The maximum atomic E-state index is 12.5. The molecule has 3 heteroatoms. The number of hydrogen-bond acceptors (Lipinski definition) is 2. The highest BCUT2D eigenvalue weighted by Crippen LogP contribution is 2.27. The van der Waals surface area contributed by atoms with Gasteiger partial charge in [0.2, 0.25) is 0 Å². The van der Waals surface area contributed by atoms with Crippen LogP contribution in [0, 0.1) is 0 Å². The minimum atomic E-state index is 0.0186. The number of anilines is 1. The van der Waals surface area contributed by atoms with Gasteiger partial charge in [-0.05, 0) is 48.1 Å². The third-order valence-electron chi connectivity index (χ3n) is 4.32. The van der Waals surface area contributed by atoms with Crippen LogP contribution in [-0.2, 0) is 11.2 Å². The van der Waals surface area contributed by atoms with Gasteiger partial charge in [-0.1, -0.05) is 44.2 Å². The number of benzene rings is 2. The fraction of sp³-hybridized carbons (Fsp3) is 0.350. The Labute approximate surface area is 137 Å². The maximum Gasteiger partial charge on any atom is 0.264 e. The summed E-state index contributed by atoms with van der Waals surface area (Å²) in [6.07, 6.45) is 2.04. The molecule has 0 aliphatic carbocycles. The molecular formula is C20H23NO2. The van der Waals surface area contributed by atoms with Gasteiger partial charge < -0.3 is 9.64 Å². The first-order valence-corrected chi connectivity index (χ1v) is 8.26. The third-order valence-corrected chi connectivity index (χ3v) is 4.32. The van der Waals surface area contributed by atoms with Crippen molar-refractivity contribution in [2.24, 2.45) is 0 Å². The fourth-order valence-corrected chi connectivity index (χ4v) is 2.96. The monoisotopic (exact) mass is 309 g/mol. The predicted octanol–water partition coefficient (Wildman–Crippen LogP) is 4.17. The van der Waals surface area contributed by atoms with E-state index < -0.39 is 0 Å². The Morgan fingerprint density at radius 1 is 1.13 bits per heavy atom. The van der Waals surface area contributed by atoms with E-state index in [-0.39, 0.29) is 12.5 Å². The minimum absolute atomic E-state index is 0.0186. The molecule has 3 rings (SSSR count). The molecule has 120 valence electrons. The average Bonchev–Trinajstić information content (AvgIpc) is 2.59. The molecule has 3 nitrogen and oxygen atoms in total. The number of carbonyl (C=O) groups excluding carboxylic acids is 1. The van der Waals surface area contributed by atoms with Gasteiger partial charge in [0.25, 0.3) is 5.91 Å². The lowest BCUT2D eigenvalue weighted by Crippen LogP contribution is -2.38. The first kappa shape index (κ1) is 15.6. The molecular weight excluding hydrogens is 286 g/mol. The number of amides is 1. The van der Waals surface area contributed by atoms with Crippen molar-refractivity contribution in [3.05, 3.63) is 59.7 Å². The number of hydrogen-bond donors (Lipinski definition) is 0. The SMILES string of the molecule is CC(C)c1ccc(OCC(=O)N2CCCc3ccccc32)cc1. The molecule has 0 atom stereocenters. The molecule has 0 saturated heterocycles. The van der Waals surface area contributed by atoms with E-state index in [2.05, 4.69) is 32.0 Å². The molecule has 0 N–H and O–H groups in total. The maximum absolute atomic E-state index is 12.5. The van der Waals surface area contributed by atoms with E-state index >= 15 is 0 Å². The summed E-state index contributed by atoms with van der Waals surface area (Å²) in [6.45, 7) is 5.17. The molecule has 23 heavy (non-hydrogen) atoms. The molecule has 0 unspecified atom stereocenters. The van der Waals surface area contributed by atoms with Crippen molar-refractivity contribution in [1.29, 1.82) is 0 Å². The third kappa shape index (κ3) is 3.55. The molecule has 1 heterocycles. The van der Waals surface area contributed by atoms with Crippen molar-refractivity contribution >= 4 is 11.6 Å². The zero-order valence-corrected chi connectivity index (χ0v) is 13.8. The van der Waals surface area contributed by atoms with Crippen molar-refractivity contribution < 1.29 is 9.53 Å². The van der Waals surface area contributed by atoms with Crippen molar-refractivity contribution in [1.82, 2.24) is 0 Å². The van der Waals surface area contributed by atoms with Gasteiger partial charge in [-0.2, -0.15) is 0 Å². The van der Waals surface area contributed by atoms with Crippen LogP contribution in [0.15, 0.2) is 48.5 Å². The van der Waals surface area contributed by atoms with E-state index in [1.54, 1.807) is 0 Å². The molecule has 0 saturated carbocycles. The van der Waals surface area contributed by atoms with E-state index in [9.17, 15) is 4.79 Å². The van der Waals surface area contributed by atoms with Gasteiger partial charge in [0.05, 0.1) is 0 Å². The number of fused-ring (bicyclic) bond motifs is 1. The van der Waals surface area contributed by atoms with Gasteiger partial charge >= 0.3 is 0 Å². The summed E-state index contributed by atoms with van der Waals surface area (Å²) in [6, 6.07) is 16.1. The van der Waals surface area contributed by atoms with Crippen LogP contribution in [0.1, 0.15) is 37.3 Å². The Kier molecular flexibility index (Phi) is 4.65. The van der Waals surface area contributed by atoms with Crippen molar-refractivity contribution in [3.63, 3.8) is 0 Å². The van der Waals surface area contributed by atoms with Crippen molar-refractivity contribution in [2.45, 2.75) is 32.6 Å². The highest BCUT2D eigenvalue weighted by molar-refractivity contribution is 5.95. The van der Waals surface area contributed by atoms with Gasteiger partial charge in [0.1, 0.15) is 5.75 Å². The van der Waals surface area contributed by atoms with Crippen molar-refractivity contribution in [3.8, 4) is 5.75 Å². The second kappa shape index (κ2) is 6.86. The summed E-state index contributed by atoms with van der Waals surface area (Å²) in [5.74, 6) is 1.26. The Balaban J connectivity index is 1.64. The zero-order valence-electron chi connectivity index (χ0n) is 13.8. The molecule has 0 spiro atoms. The highest BCUT2D eigenvalue weighted by atomic mass is 16.5. The minimum Gasteiger partial charge on any atom is -0.484 e. The van der Waals surface area contributed by atoms with E-state index in [0.717, 1.165) is 30.8 Å². The Morgan fingerprint density at radius 3 is 2.61 bits per heavy atom. The largest absolute Gasteiger partial charge is 0.484 e. The van der Waals surface area contributed by atoms with Crippen LogP contribution in [0.4, 0.5) is 5.69 Å². The molecule has 2 aromatic rings. The first-order chi connectivity index (χ1) is 11.1. The van der Waals surface area contributed by atoms with E-state index in [0.29, 0.717) is 5.92 Å². The molecule has 0 aromatic heterocycles. The Hall–Kier alpha value is -2.29. The lowest BCUT2D eigenvalue weighted by Gasteiger charge is -2.29. The Bertz CT molecular complexity index is 676. The van der Waals surface area contributed by atoms with Crippen LogP contribution >= 0.6 is 0 Å². The summed E-state index contributed by atoms with van der Waals surface area (Å²) in [5, 5.41) is 0. The highest BCUT2D eigenvalue weighted by Gasteiger charge is 2.22. The van der Waals surface area contributed by atoms with Gasteiger partial charge in [0.15, 0.2) is 6.61 Å². The summed E-state index contributed by atoms with van der Waals surface area (Å²) in [7, 11) is 0. The van der Waals surface area contributed by atoms with Gasteiger partial charge in [-0.15, -0.1) is 0 Å². The number of rotatable bonds is 4. The van der Waals surface area contributed by atoms with E-state index in [4.69, 9.17) is 4.74 Å². The van der Waals surface area contributed by atoms with Crippen LogP contribution in [0.3, 0.4) is 0 Å². The number of ether oxygens (including phenoxy) is 1. The smallest absolute Gasteiger partial charge is 0.264 e. The summed E-state index contributed by atoms with van der Waals surface area (Å²) >= 11 is 0. The number of aryl methyl sites for hydroxylation is 1. The lowest BCUT2D eigenvalue weighted by atomic mass is 10.0.